The molecule has 1 atom stereocenters. The predicted octanol–water partition coefficient (Wildman–Crippen LogP) is 4.01. The average Bonchev–Trinajstić information content (AvgIpc) is 2.64. The summed E-state index contributed by atoms with van der Waals surface area (Å²) in [6, 6.07) is 2.80. The number of hydrogen-bond acceptors (Lipinski definition) is 2. The molecule has 0 spiro atoms. The van der Waals surface area contributed by atoms with Crippen molar-refractivity contribution in [3.63, 3.8) is 0 Å². The Hall–Kier alpha value is -0.890. The van der Waals surface area contributed by atoms with E-state index in [9.17, 15) is 0 Å². The predicted molar refractivity (Wildman–Crippen MR) is 76.6 cm³/mol. The normalized spacial score (nSPS) is 19.4. The van der Waals surface area contributed by atoms with E-state index in [1.54, 1.807) is 0 Å². The SMILES string of the molecule is CCNC(c1cncc(C)c1)C1CCCCCC1. The molecule has 1 saturated carbocycles. The number of aryl methyl sites for hydroxylation is 1. The third kappa shape index (κ3) is 3.55. The van der Waals surface area contributed by atoms with E-state index < -0.39 is 0 Å². The number of rotatable bonds is 4. The van der Waals surface area contributed by atoms with Gasteiger partial charge in [0, 0.05) is 18.4 Å². The molecule has 1 aromatic heterocycles. The molecule has 0 aliphatic heterocycles. The zero-order valence-corrected chi connectivity index (χ0v) is 11.8. The van der Waals surface area contributed by atoms with Crippen molar-refractivity contribution < 1.29 is 0 Å². The Labute approximate surface area is 111 Å². The molecule has 1 heterocycles. The van der Waals surface area contributed by atoms with Crippen LogP contribution in [0, 0.1) is 12.8 Å². The van der Waals surface area contributed by atoms with Crippen molar-refractivity contribution in [3.05, 3.63) is 29.6 Å². The van der Waals surface area contributed by atoms with Gasteiger partial charge in [0.2, 0.25) is 0 Å². The maximum atomic E-state index is 4.37. The van der Waals surface area contributed by atoms with Crippen LogP contribution in [-0.4, -0.2) is 11.5 Å². The largest absolute Gasteiger partial charge is 0.310 e. The lowest BCUT2D eigenvalue weighted by Gasteiger charge is -2.27. The van der Waals surface area contributed by atoms with Gasteiger partial charge >= 0.3 is 0 Å². The summed E-state index contributed by atoms with van der Waals surface area (Å²) in [4.78, 5) is 4.37. The lowest BCUT2D eigenvalue weighted by atomic mass is 9.87. The summed E-state index contributed by atoms with van der Waals surface area (Å²) in [5.74, 6) is 0.788. The van der Waals surface area contributed by atoms with Crippen LogP contribution in [0.5, 0.6) is 0 Å². The fraction of sp³-hybridized carbons (Fsp3) is 0.688. The summed E-state index contributed by atoms with van der Waals surface area (Å²) in [6.45, 7) is 5.37. The minimum atomic E-state index is 0.500. The summed E-state index contributed by atoms with van der Waals surface area (Å²) in [5.41, 5.74) is 2.65. The molecule has 2 rings (SSSR count). The van der Waals surface area contributed by atoms with Gasteiger partial charge < -0.3 is 5.32 Å². The molecule has 0 amide bonds. The first-order valence-electron chi connectivity index (χ1n) is 7.46. The topological polar surface area (TPSA) is 24.9 Å². The van der Waals surface area contributed by atoms with Gasteiger partial charge in [-0.15, -0.1) is 0 Å². The van der Waals surface area contributed by atoms with Gasteiger partial charge in [0.1, 0.15) is 0 Å². The summed E-state index contributed by atoms with van der Waals surface area (Å²) >= 11 is 0. The van der Waals surface area contributed by atoms with Gasteiger partial charge in [-0.2, -0.15) is 0 Å². The molecule has 1 fully saturated rings. The minimum Gasteiger partial charge on any atom is -0.310 e. The number of hydrogen-bond donors (Lipinski definition) is 1. The average molecular weight is 246 g/mol. The maximum absolute atomic E-state index is 4.37. The molecule has 0 bridgehead atoms. The van der Waals surface area contributed by atoms with Gasteiger partial charge in [0.05, 0.1) is 0 Å². The number of nitrogens with one attached hydrogen (secondary N) is 1. The standard InChI is InChI=1S/C16H26N2/c1-3-18-16(14-8-6-4-5-7-9-14)15-10-13(2)11-17-12-15/h10-12,14,16,18H,3-9H2,1-2H3. The second-order valence-corrected chi connectivity index (χ2v) is 5.58. The van der Waals surface area contributed by atoms with Crippen molar-refractivity contribution in [3.8, 4) is 0 Å². The van der Waals surface area contributed by atoms with Gasteiger partial charge in [0.15, 0.2) is 0 Å². The van der Waals surface area contributed by atoms with Crippen LogP contribution in [0.3, 0.4) is 0 Å². The second kappa shape index (κ2) is 6.89. The van der Waals surface area contributed by atoms with Gasteiger partial charge in [-0.3, -0.25) is 4.98 Å². The highest BCUT2D eigenvalue weighted by atomic mass is 14.9. The highest BCUT2D eigenvalue weighted by molar-refractivity contribution is 5.21. The first-order valence-corrected chi connectivity index (χ1v) is 7.46. The molecule has 0 aromatic carbocycles. The molecule has 1 aliphatic carbocycles. The third-order valence-corrected chi connectivity index (χ3v) is 4.05. The fourth-order valence-corrected chi connectivity index (χ4v) is 3.17. The first-order chi connectivity index (χ1) is 8.81. The van der Waals surface area contributed by atoms with E-state index in [0.29, 0.717) is 6.04 Å². The van der Waals surface area contributed by atoms with E-state index in [-0.39, 0.29) is 0 Å². The molecule has 0 radical (unpaired) electrons. The molecule has 2 heteroatoms. The Kier molecular flexibility index (Phi) is 5.18. The summed E-state index contributed by atoms with van der Waals surface area (Å²) in [7, 11) is 0. The van der Waals surface area contributed by atoms with E-state index in [0.717, 1.165) is 12.5 Å². The first kappa shape index (κ1) is 13.5. The van der Waals surface area contributed by atoms with Crippen LogP contribution in [0.1, 0.15) is 62.6 Å². The number of pyridine rings is 1. The van der Waals surface area contributed by atoms with Gasteiger partial charge in [-0.05, 0) is 43.4 Å². The van der Waals surface area contributed by atoms with E-state index in [1.807, 2.05) is 12.4 Å². The van der Waals surface area contributed by atoms with E-state index in [4.69, 9.17) is 0 Å². The van der Waals surface area contributed by atoms with Crippen molar-refractivity contribution in [1.82, 2.24) is 10.3 Å². The Balaban J connectivity index is 2.15. The van der Waals surface area contributed by atoms with Crippen molar-refractivity contribution in [2.75, 3.05) is 6.54 Å². The summed E-state index contributed by atoms with van der Waals surface area (Å²) < 4.78 is 0. The molecule has 2 nitrogen and oxygen atoms in total. The Morgan fingerprint density at radius 1 is 1.22 bits per heavy atom. The smallest absolute Gasteiger partial charge is 0.0363 e. The molecule has 1 aliphatic rings. The van der Waals surface area contributed by atoms with Crippen LogP contribution in [-0.2, 0) is 0 Å². The molecule has 18 heavy (non-hydrogen) atoms. The molecule has 1 unspecified atom stereocenters. The van der Waals surface area contributed by atoms with Crippen molar-refractivity contribution >= 4 is 0 Å². The van der Waals surface area contributed by atoms with Gasteiger partial charge in [0.25, 0.3) is 0 Å². The lowest BCUT2D eigenvalue weighted by molar-refractivity contribution is 0.329. The van der Waals surface area contributed by atoms with E-state index >= 15 is 0 Å². The second-order valence-electron chi connectivity index (χ2n) is 5.58. The summed E-state index contributed by atoms with van der Waals surface area (Å²) in [5, 5.41) is 3.68. The van der Waals surface area contributed by atoms with E-state index in [1.165, 1.54) is 49.7 Å². The number of nitrogens with zero attached hydrogens (tertiary/aromatic N) is 1. The summed E-state index contributed by atoms with van der Waals surface area (Å²) in [6.07, 6.45) is 12.3. The minimum absolute atomic E-state index is 0.500. The van der Waals surface area contributed by atoms with Gasteiger partial charge in [-0.1, -0.05) is 38.7 Å². The maximum Gasteiger partial charge on any atom is 0.0363 e. The van der Waals surface area contributed by atoms with Crippen LogP contribution in [0.25, 0.3) is 0 Å². The molecule has 1 aromatic rings. The van der Waals surface area contributed by atoms with Crippen molar-refractivity contribution in [2.45, 2.75) is 58.4 Å². The highest BCUT2D eigenvalue weighted by Gasteiger charge is 2.23. The van der Waals surface area contributed by atoms with Crippen LogP contribution in [0.15, 0.2) is 18.5 Å². The Morgan fingerprint density at radius 2 is 1.94 bits per heavy atom. The van der Waals surface area contributed by atoms with Crippen LogP contribution < -0.4 is 5.32 Å². The zero-order chi connectivity index (χ0) is 12.8. The molecule has 1 N–H and O–H groups in total. The Bertz CT molecular complexity index is 354. The van der Waals surface area contributed by atoms with Gasteiger partial charge in [-0.25, -0.2) is 0 Å². The Morgan fingerprint density at radius 3 is 2.56 bits per heavy atom. The van der Waals surface area contributed by atoms with Crippen molar-refractivity contribution in [1.29, 1.82) is 0 Å². The van der Waals surface area contributed by atoms with E-state index in [2.05, 4.69) is 30.2 Å². The zero-order valence-electron chi connectivity index (χ0n) is 11.8. The fourth-order valence-electron chi connectivity index (χ4n) is 3.17. The van der Waals surface area contributed by atoms with Crippen molar-refractivity contribution in [2.24, 2.45) is 5.92 Å². The molecule has 0 saturated heterocycles. The molecular formula is C16H26N2. The lowest BCUT2D eigenvalue weighted by Crippen LogP contribution is -2.28. The molecule has 100 valence electrons. The number of aromatic nitrogens is 1. The molecular weight excluding hydrogens is 220 g/mol. The van der Waals surface area contributed by atoms with Crippen LogP contribution in [0.4, 0.5) is 0 Å². The quantitative estimate of drug-likeness (QED) is 0.812. The van der Waals surface area contributed by atoms with Crippen LogP contribution in [0.2, 0.25) is 0 Å². The van der Waals surface area contributed by atoms with Crippen LogP contribution >= 0.6 is 0 Å². The third-order valence-electron chi connectivity index (χ3n) is 4.05. The highest BCUT2D eigenvalue weighted by Crippen LogP contribution is 2.33. The monoisotopic (exact) mass is 246 g/mol.